The number of halogens is 1. The van der Waals surface area contributed by atoms with E-state index in [4.69, 9.17) is 4.74 Å². The van der Waals surface area contributed by atoms with Gasteiger partial charge in [0, 0.05) is 11.8 Å². The van der Waals surface area contributed by atoms with Crippen molar-refractivity contribution in [3.8, 4) is 5.75 Å². The third-order valence-electron chi connectivity index (χ3n) is 2.14. The van der Waals surface area contributed by atoms with Crippen LogP contribution in [0.4, 0.5) is 0 Å². The summed E-state index contributed by atoms with van der Waals surface area (Å²) in [5.41, 5.74) is 1.35. The summed E-state index contributed by atoms with van der Waals surface area (Å²) in [5, 5.41) is 1.02. The molecule has 1 aliphatic heterocycles. The quantitative estimate of drug-likeness (QED) is 0.706. The first kappa shape index (κ1) is 8.11. The summed E-state index contributed by atoms with van der Waals surface area (Å²) in [6.07, 6.45) is 2.55. The molecule has 0 fully saturated rings. The number of rotatable bonds is 2. The Bertz CT molecular complexity index is 247. The van der Waals surface area contributed by atoms with Gasteiger partial charge in [-0.1, -0.05) is 34.1 Å². The van der Waals surface area contributed by atoms with Crippen molar-refractivity contribution in [3.05, 3.63) is 29.8 Å². The Morgan fingerprint density at radius 1 is 1.42 bits per heavy atom. The smallest absolute Gasteiger partial charge is 0.123 e. The lowest BCUT2D eigenvalue weighted by Crippen LogP contribution is -2.12. The number of para-hydroxylation sites is 1. The summed E-state index contributed by atoms with van der Waals surface area (Å²) in [6.45, 7) is 0. The maximum Gasteiger partial charge on any atom is 0.123 e. The fraction of sp³-hybridized carbons (Fsp3) is 0.400. The monoisotopic (exact) mass is 226 g/mol. The standard InChI is InChI=1S/C10H11BrO/c11-6-5-9-7-8-3-1-2-4-10(8)12-9/h1-4,9H,5-7H2/t9-/m1/s1. The molecule has 0 N–H and O–H groups in total. The largest absolute Gasteiger partial charge is 0.490 e. The second-order valence-electron chi connectivity index (χ2n) is 3.03. The van der Waals surface area contributed by atoms with Crippen molar-refractivity contribution in [2.45, 2.75) is 18.9 Å². The van der Waals surface area contributed by atoms with E-state index in [2.05, 4.69) is 28.1 Å². The van der Waals surface area contributed by atoms with Crippen molar-refractivity contribution < 1.29 is 4.74 Å². The van der Waals surface area contributed by atoms with Crippen LogP contribution in [-0.4, -0.2) is 11.4 Å². The molecular weight excluding hydrogens is 216 g/mol. The zero-order valence-corrected chi connectivity index (χ0v) is 8.38. The van der Waals surface area contributed by atoms with Crippen molar-refractivity contribution in [1.82, 2.24) is 0 Å². The first-order valence-corrected chi connectivity index (χ1v) is 5.33. The minimum absolute atomic E-state index is 0.391. The van der Waals surface area contributed by atoms with Crippen molar-refractivity contribution in [3.63, 3.8) is 0 Å². The van der Waals surface area contributed by atoms with Gasteiger partial charge in [0.2, 0.25) is 0 Å². The second kappa shape index (κ2) is 3.48. The maximum absolute atomic E-state index is 5.72. The average Bonchev–Trinajstić information content (AvgIpc) is 2.47. The van der Waals surface area contributed by atoms with Crippen LogP contribution in [0, 0.1) is 0 Å². The van der Waals surface area contributed by atoms with E-state index in [1.807, 2.05) is 12.1 Å². The van der Waals surface area contributed by atoms with E-state index in [0.717, 1.165) is 23.9 Å². The molecule has 0 aliphatic carbocycles. The minimum Gasteiger partial charge on any atom is -0.490 e. The van der Waals surface area contributed by atoms with Crippen LogP contribution in [-0.2, 0) is 6.42 Å². The molecule has 1 aromatic carbocycles. The van der Waals surface area contributed by atoms with Gasteiger partial charge >= 0.3 is 0 Å². The Balaban J connectivity index is 2.11. The minimum atomic E-state index is 0.391. The average molecular weight is 227 g/mol. The molecule has 1 aliphatic rings. The number of hydrogen-bond acceptors (Lipinski definition) is 1. The fourth-order valence-electron chi connectivity index (χ4n) is 1.54. The van der Waals surface area contributed by atoms with Crippen LogP contribution in [0.5, 0.6) is 5.75 Å². The van der Waals surface area contributed by atoms with Crippen LogP contribution in [0.1, 0.15) is 12.0 Å². The predicted molar refractivity (Wildman–Crippen MR) is 53.0 cm³/mol. The molecule has 0 bridgehead atoms. The highest BCUT2D eigenvalue weighted by atomic mass is 79.9. The normalized spacial score (nSPS) is 20.2. The van der Waals surface area contributed by atoms with Gasteiger partial charge < -0.3 is 4.74 Å². The van der Waals surface area contributed by atoms with E-state index in [1.54, 1.807) is 0 Å². The van der Waals surface area contributed by atoms with Gasteiger partial charge in [-0.05, 0) is 18.1 Å². The molecule has 0 amide bonds. The summed E-state index contributed by atoms with van der Waals surface area (Å²) in [6, 6.07) is 8.28. The lowest BCUT2D eigenvalue weighted by Gasteiger charge is -2.07. The van der Waals surface area contributed by atoms with Crippen LogP contribution in [0.2, 0.25) is 0 Å². The number of ether oxygens (including phenoxy) is 1. The molecule has 64 valence electrons. The third kappa shape index (κ3) is 1.48. The van der Waals surface area contributed by atoms with E-state index in [0.29, 0.717) is 6.10 Å². The summed E-state index contributed by atoms with van der Waals surface area (Å²) in [7, 11) is 0. The summed E-state index contributed by atoms with van der Waals surface area (Å²) < 4.78 is 5.72. The Morgan fingerprint density at radius 3 is 3.00 bits per heavy atom. The lowest BCUT2D eigenvalue weighted by molar-refractivity contribution is 0.230. The van der Waals surface area contributed by atoms with Gasteiger partial charge in [-0.25, -0.2) is 0 Å². The first-order valence-electron chi connectivity index (χ1n) is 4.20. The topological polar surface area (TPSA) is 9.23 Å². The molecule has 0 aromatic heterocycles. The first-order chi connectivity index (χ1) is 5.90. The molecule has 0 saturated carbocycles. The van der Waals surface area contributed by atoms with E-state index in [9.17, 15) is 0 Å². The maximum atomic E-state index is 5.72. The number of alkyl halides is 1. The molecule has 1 nitrogen and oxygen atoms in total. The van der Waals surface area contributed by atoms with Crippen LogP contribution < -0.4 is 4.74 Å². The van der Waals surface area contributed by atoms with Gasteiger partial charge in [0.05, 0.1) is 0 Å². The van der Waals surface area contributed by atoms with E-state index >= 15 is 0 Å². The van der Waals surface area contributed by atoms with E-state index in [-0.39, 0.29) is 0 Å². The predicted octanol–water partition coefficient (Wildman–Crippen LogP) is 2.78. The molecule has 0 spiro atoms. The molecule has 0 unspecified atom stereocenters. The summed E-state index contributed by atoms with van der Waals surface area (Å²) >= 11 is 3.42. The highest BCUT2D eigenvalue weighted by Gasteiger charge is 2.20. The van der Waals surface area contributed by atoms with Crippen LogP contribution >= 0.6 is 15.9 Å². The fourth-order valence-corrected chi connectivity index (χ4v) is 2.05. The summed E-state index contributed by atoms with van der Waals surface area (Å²) in [4.78, 5) is 0. The second-order valence-corrected chi connectivity index (χ2v) is 3.82. The van der Waals surface area contributed by atoms with Gasteiger partial charge in [0.15, 0.2) is 0 Å². The van der Waals surface area contributed by atoms with Gasteiger partial charge in [0.1, 0.15) is 11.9 Å². The van der Waals surface area contributed by atoms with Crippen LogP contribution in [0.15, 0.2) is 24.3 Å². The Morgan fingerprint density at radius 2 is 2.25 bits per heavy atom. The number of benzene rings is 1. The van der Waals surface area contributed by atoms with E-state index < -0.39 is 0 Å². The van der Waals surface area contributed by atoms with Crippen molar-refractivity contribution >= 4 is 15.9 Å². The van der Waals surface area contributed by atoms with Gasteiger partial charge in [-0.3, -0.25) is 0 Å². The molecule has 1 heterocycles. The highest BCUT2D eigenvalue weighted by Crippen LogP contribution is 2.29. The highest BCUT2D eigenvalue weighted by molar-refractivity contribution is 9.09. The van der Waals surface area contributed by atoms with Crippen molar-refractivity contribution in [2.75, 3.05) is 5.33 Å². The lowest BCUT2D eigenvalue weighted by atomic mass is 10.1. The molecule has 2 heteroatoms. The van der Waals surface area contributed by atoms with Gasteiger partial charge in [-0.15, -0.1) is 0 Å². The Kier molecular flexibility index (Phi) is 2.35. The molecule has 0 saturated heterocycles. The van der Waals surface area contributed by atoms with Gasteiger partial charge in [0.25, 0.3) is 0 Å². The van der Waals surface area contributed by atoms with Crippen molar-refractivity contribution in [1.29, 1.82) is 0 Å². The van der Waals surface area contributed by atoms with Crippen LogP contribution in [0.25, 0.3) is 0 Å². The molecule has 12 heavy (non-hydrogen) atoms. The molecule has 1 atom stereocenters. The van der Waals surface area contributed by atoms with Crippen LogP contribution in [0.3, 0.4) is 0 Å². The number of hydrogen-bond donors (Lipinski definition) is 0. The molecule has 0 radical (unpaired) electrons. The zero-order chi connectivity index (χ0) is 8.39. The van der Waals surface area contributed by atoms with Gasteiger partial charge in [-0.2, -0.15) is 0 Å². The van der Waals surface area contributed by atoms with Crippen molar-refractivity contribution in [2.24, 2.45) is 0 Å². The molecule has 1 aromatic rings. The molecule has 2 rings (SSSR count). The summed E-state index contributed by atoms with van der Waals surface area (Å²) in [5.74, 6) is 1.07. The van der Waals surface area contributed by atoms with E-state index in [1.165, 1.54) is 5.56 Å². The third-order valence-corrected chi connectivity index (χ3v) is 2.60. The Labute approximate surface area is 80.9 Å². The molecular formula is C10H11BrO. The number of fused-ring (bicyclic) bond motifs is 1. The SMILES string of the molecule is BrCC[C@@H]1Cc2ccccc2O1. The Hall–Kier alpha value is -0.500. The zero-order valence-electron chi connectivity index (χ0n) is 6.79.